The molecule has 1 N–H and O–H groups in total. The Bertz CT molecular complexity index is 1460. The van der Waals surface area contributed by atoms with E-state index in [0.29, 0.717) is 28.7 Å². The summed E-state index contributed by atoms with van der Waals surface area (Å²) in [5.41, 5.74) is 2.81. The van der Waals surface area contributed by atoms with Gasteiger partial charge in [0, 0.05) is 17.3 Å². The molecule has 0 spiro atoms. The smallest absolute Gasteiger partial charge is 0.327 e. The number of aromatic nitrogens is 2. The van der Waals surface area contributed by atoms with Crippen LogP contribution in [0.1, 0.15) is 30.0 Å². The van der Waals surface area contributed by atoms with Crippen LogP contribution in [0.15, 0.2) is 77.0 Å². The minimum Gasteiger partial charge on any atom is -0.334 e. The predicted octanol–water partition coefficient (Wildman–Crippen LogP) is 6.16. The predicted molar refractivity (Wildman–Crippen MR) is 124 cm³/mol. The number of carbonyl (C=O) groups excluding carboxylic acids is 1. The van der Waals surface area contributed by atoms with Crippen molar-refractivity contribution in [1.29, 1.82) is 0 Å². The van der Waals surface area contributed by atoms with E-state index in [-0.39, 0.29) is 11.6 Å². The highest BCUT2D eigenvalue weighted by atomic mass is 19.1. The fourth-order valence-electron chi connectivity index (χ4n) is 4.17. The fraction of sp³-hybridized carbons (Fsp3) is 0.115. The van der Waals surface area contributed by atoms with Crippen molar-refractivity contribution in [2.75, 3.05) is 4.90 Å². The molecule has 1 aliphatic rings. The number of allylic oxidation sites excluding steroid dienone is 1. The lowest BCUT2D eigenvalue weighted by atomic mass is 9.94. The van der Waals surface area contributed by atoms with Gasteiger partial charge in [0.1, 0.15) is 17.5 Å². The number of benzene rings is 3. The summed E-state index contributed by atoms with van der Waals surface area (Å²) in [4.78, 5) is 18.8. The van der Waals surface area contributed by atoms with E-state index in [9.17, 15) is 18.0 Å². The van der Waals surface area contributed by atoms with Crippen LogP contribution in [0.3, 0.4) is 0 Å². The third kappa shape index (κ3) is 4.28. The minimum absolute atomic E-state index is 0.0221. The van der Waals surface area contributed by atoms with Crippen LogP contribution in [-0.4, -0.2) is 16.2 Å². The Labute approximate surface area is 198 Å². The van der Waals surface area contributed by atoms with Crippen molar-refractivity contribution in [3.63, 3.8) is 0 Å². The molecule has 0 fully saturated rings. The lowest BCUT2D eigenvalue weighted by Crippen LogP contribution is -2.46. The third-order valence-electron chi connectivity index (χ3n) is 5.71. The molecular formula is C26H19F3N4O2. The van der Waals surface area contributed by atoms with Gasteiger partial charge in [-0.15, -0.1) is 0 Å². The average Bonchev–Trinajstić information content (AvgIpc) is 3.28. The Kier molecular flexibility index (Phi) is 5.60. The second kappa shape index (κ2) is 8.75. The number of aryl methyl sites for hydroxylation is 1. The normalized spacial score (nSPS) is 16.0. The molecule has 35 heavy (non-hydrogen) atoms. The number of nitrogens with zero attached hydrogens (tertiary/aromatic N) is 3. The molecule has 2 heterocycles. The van der Waals surface area contributed by atoms with Gasteiger partial charge in [0.25, 0.3) is 5.89 Å². The summed E-state index contributed by atoms with van der Waals surface area (Å²) in [5.74, 6) is -1.77. The summed E-state index contributed by atoms with van der Waals surface area (Å²) in [6.45, 7) is 3.53. The van der Waals surface area contributed by atoms with E-state index in [1.807, 2.05) is 31.2 Å². The zero-order chi connectivity index (χ0) is 24.7. The maximum absolute atomic E-state index is 14.1. The van der Waals surface area contributed by atoms with E-state index in [4.69, 9.17) is 4.52 Å². The first-order valence-corrected chi connectivity index (χ1v) is 10.7. The second-order valence-electron chi connectivity index (χ2n) is 8.19. The van der Waals surface area contributed by atoms with Crippen molar-refractivity contribution in [2.45, 2.75) is 19.9 Å². The Morgan fingerprint density at radius 2 is 1.66 bits per heavy atom. The molecular weight excluding hydrogens is 457 g/mol. The van der Waals surface area contributed by atoms with Crippen molar-refractivity contribution in [1.82, 2.24) is 15.5 Å². The minimum atomic E-state index is -0.848. The maximum Gasteiger partial charge on any atom is 0.327 e. The Balaban J connectivity index is 1.68. The number of anilines is 1. The van der Waals surface area contributed by atoms with Crippen molar-refractivity contribution in [3.05, 3.63) is 107 Å². The van der Waals surface area contributed by atoms with Gasteiger partial charge in [0.15, 0.2) is 0 Å². The number of halogens is 3. The molecule has 2 amide bonds. The number of hydrogen-bond acceptors (Lipinski definition) is 4. The summed E-state index contributed by atoms with van der Waals surface area (Å²) in [6, 6.07) is 14.6. The van der Waals surface area contributed by atoms with Gasteiger partial charge in [-0.05, 0) is 49.7 Å². The Hall–Kier alpha value is -4.40. The van der Waals surface area contributed by atoms with Crippen LogP contribution in [0.2, 0.25) is 0 Å². The average molecular weight is 476 g/mol. The van der Waals surface area contributed by atoms with Crippen LogP contribution >= 0.6 is 0 Å². The molecule has 6 nitrogen and oxygen atoms in total. The largest absolute Gasteiger partial charge is 0.334 e. The van der Waals surface area contributed by atoms with Gasteiger partial charge >= 0.3 is 6.03 Å². The van der Waals surface area contributed by atoms with Gasteiger partial charge in [-0.2, -0.15) is 4.98 Å². The summed E-state index contributed by atoms with van der Waals surface area (Å²) < 4.78 is 47.6. The van der Waals surface area contributed by atoms with Crippen molar-refractivity contribution >= 4 is 17.3 Å². The number of rotatable bonds is 4. The monoisotopic (exact) mass is 476 g/mol. The van der Waals surface area contributed by atoms with Crippen molar-refractivity contribution in [2.24, 2.45) is 0 Å². The van der Waals surface area contributed by atoms with Gasteiger partial charge in [0.2, 0.25) is 5.82 Å². The highest BCUT2D eigenvalue weighted by Crippen LogP contribution is 2.39. The number of urea groups is 1. The van der Waals surface area contributed by atoms with Crippen LogP contribution in [0, 0.1) is 24.4 Å². The zero-order valence-corrected chi connectivity index (χ0v) is 18.7. The number of amides is 2. The molecule has 9 heteroatoms. The van der Waals surface area contributed by atoms with E-state index < -0.39 is 29.5 Å². The van der Waals surface area contributed by atoms with Gasteiger partial charge < -0.3 is 9.84 Å². The SMILES string of the molecule is CC1=C(c2nc(-c3cccc(C)c3)no2)C(c2cccc(F)c2)NC(=O)N1c1cc(F)cc(F)c1. The number of carbonyl (C=O) groups is 1. The third-order valence-corrected chi connectivity index (χ3v) is 5.71. The molecule has 0 aliphatic carbocycles. The summed E-state index contributed by atoms with van der Waals surface area (Å²) >= 11 is 0. The fourth-order valence-corrected chi connectivity index (χ4v) is 4.17. The summed E-state index contributed by atoms with van der Waals surface area (Å²) in [5, 5.41) is 6.86. The molecule has 3 aromatic carbocycles. The highest BCUT2D eigenvalue weighted by Gasteiger charge is 2.37. The first kappa shape index (κ1) is 22.4. The first-order valence-electron chi connectivity index (χ1n) is 10.7. The highest BCUT2D eigenvalue weighted by molar-refractivity contribution is 6.01. The molecule has 0 bridgehead atoms. The van der Waals surface area contributed by atoms with E-state index in [2.05, 4.69) is 15.5 Å². The first-order chi connectivity index (χ1) is 16.8. The molecule has 4 aromatic rings. The second-order valence-corrected chi connectivity index (χ2v) is 8.19. The molecule has 1 aromatic heterocycles. The molecule has 0 saturated carbocycles. The van der Waals surface area contributed by atoms with Crippen LogP contribution in [-0.2, 0) is 0 Å². The molecule has 1 aliphatic heterocycles. The molecule has 1 unspecified atom stereocenters. The topological polar surface area (TPSA) is 71.3 Å². The van der Waals surface area contributed by atoms with E-state index >= 15 is 0 Å². The lowest BCUT2D eigenvalue weighted by Gasteiger charge is -2.35. The maximum atomic E-state index is 14.1. The van der Waals surface area contributed by atoms with Gasteiger partial charge in [-0.25, -0.2) is 18.0 Å². The summed E-state index contributed by atoms with van der Waals surface area (Å²) in [6.07, 6.45) is 0. The summed E-state index contributed by atoms with van der Waals surface area (Å²) in [7, 11) is 0. The van der Waals surface area contributed by atoms with E-state index in [1.165, 1.54) is 18.2 Å². The van der Waals surface area contributed by atoms with Crippen LogP contribution in [0.25, 0.3) is 17.0 Å². The molecule has 1 atom stereocenters. The number of nitrogens with one attached hydrogen (secondary N) is 1. The van der Waals surface area contributed by atoms with Crippen molar-refractivity contribution < 1.29 is 22.5 Å². The van der Waals surface area contributed by atoms with Crippen LogP contribution in [0.4, 0.5) is 23.7 Å². The van der Waals surface area contributed by atoms with Crippen molar-refractivity contribution in [3.8, 4) is 11.4 Å². The molecule has 0 saturated heterocycles. The molecule has 0 radical (unpaired) electrons. The van der Waals surface area contributed by atoms with Crippen LogP contribution < -0.4 is 10.2 Å². The van der Waals surface area contributed by atoms with Gasteiger partial charge in [0.05, 0.1) is 17.3 Å². The Morgan fingerprint density at radius 1 is 0.914 bits per heavy atom. The van der Waals surface area contributed by atoms with E-state index in [0.717, 1.165) is 28.2 Å². The quantitative estimate of drug-likeness (QED) is 0.383. The Morgan fingerprint density at radius 3 is 2.37 bits per heavy atom. The van der Waals surface area contributed by atoms with Gasteiger partial charge in [-0.3, -0.25) is 4.90 Å². The standard InChI is InChI=1S/C26H19F3N4O2/c1-14-5-3-7-17(9-14)24-31-25(35-32-24)22-15(2)33(21-12-19(28)11-20(29)13-21)26(34)30-23(22)16-6-4-8-18(27)10-16/h3-13,23H,1-2H3,(H,30,34). The number of hydrogen-bond donors (Lipinski definition) is 1. The molecule has 5 rings (SSSR count). The van der Waals surface area contributed by atoms with Crippen LogP contribution in [0.5, 0.6) is 0 Å². The zero-order valence-electron chi connectivity index (χ0n) is 18.7. The van der Waals surface area contributed by atoms with E-state index in [1.54, 1.807) is 13.0 Å². The van der Waals surface area contributed by atoms with Gasteiger partial charge in [-0.1, -0.05) is 41.1 Å². The molecule has 176 valence electrons. The lowest BCUT2D eigenvalue weighted by molar-refractivity contribution is 0.244.